The largest absolute Gasteiger partial charge is 0.489 e. The second-order valence-corrected chi connectivity index (χ2v) is 8.26. The number of likely N-dealkylation sites (N-methyl/N-ethyl adjacent to an activating group) is 1. The van der Waals surface area contributed by atoms with Gasteiger partial charge in [0.2, 0.25) is 0 Å². The lowest BCUT2D eigenvalue weighted by molar-refractivity contribution is 0.0950. The fraction of sp³-hybridized carbons (Fsp3) is 0.308. The number of rotatable bonds is 8. The normalized spacial score (nSPS) is 14.8. The van der Waals surface area contributed by atoms with Crippen LogP contribution in [0.15, 0.2) is 73.1 Å². The quantitative estimate of drug-likeness (QED) is 0.594. The van der Waals surface area contributed by atoms with Crippen LogP contribution in [0.1, 0.15) is 27.0 Å². The van der Waals surface area contributed by atoms with Crippen molar-refractivity contribution in [1.29, 1.82) is 0 Å². The van der Waals surface area contributed by atoms with Crippen molar-refractivity contribution in [1.82, 2.24) is 20.1 Å². The summed E-state index contributed by atoms with van der Waals surface area (Å²) in [5.41, 5.74) is 3.96. The number of amides is 1. The fourth-order valence-electron chi connectivity index (χ4n) is 3.69. The molecular formula is C26H30N4O2. The van der Waals surface area contributed by atoms with Crippen molar-refractivity contribution < 1.29 is 9.53 Å². The summed E-state index contributed by atoms with van der Waals surface area (Å²) in [4.78, 5) is 21.6. The van der Waals surface area contributed by atoms with Crippen molar-refractivity contribution in [2.45, 2.75) is 19.7 Å². The van der Waals surface area contributed by atoms with Crippen molar-refractivity contribution in [3.8, 4) is 5.75 Å². The summed E-state index contributed by atoms with van der Waals surface area (Å²) in [7, 11) is 2.17. The van der Waals surface area contributed by atoms with Gasteiger partial charge in [-0.15, -0.1) is 0 Å². The number of benzene rings is 2. The molecule has 1 aliphatic heterocycles. The number of hydrogen-bond acceptors (Lipinski definition) is 5. The predicted octanol–water partition coefficient (Wildman–Crippen LogP) is 3.34. The lowest BCUT2D eigenvalue weighted by Crippen LogP contribution is -2.43. The smallest absolute Gasteiger partial charge is 0.251 e. The molecule has 6 heteroatoms. The summed E-state index contributed by atoms with van der Waals surface area (Å²) >= 11 is 0. The SMILES string of the molecule is CN1CCN(Cc2ccc(CNC(=O)c3cccc(OCc4cccnc4)c3)cc2)CC1. The van der Waals surface area contributed by atoms with Gasteiger partial charge in [0.15, 0.2) is 0 Å². The van der Waals surface area contributed by atoms with Gasteiger partial charge < -0.3 is 15.0 Å². The van der Waals surface area contributed by atoms with E-state index in [0.29, 0.717) is 24.5 Å². The third kappa shape index (κ3) is 6.39. The third-order valence-electron chi connectivity index (χ3n) is 5.70. The van der Waals surface area contributed by atoms with Crippen LogP contribution in [0, 0.1) is 0 Å². The minimum absolute atomic E-state index is 0.113. The maximum atomic E-state index is 12.6. The summed E-state index contributed by atoms with van der Waals surface area (Å²) in [6, 6.07) is 19.6. The average Bonchev–Trinajstić information content (AvgIpc) is 2.84. The molecule has 0 atom stereocenters. The molecule has 1 saturated heterocycles. The van der Waals surface area contributed by atoms with Crippen molar-refractivity contribution >= 4 is 5.91 Å². The highest BCUT2D eigenvalue weighted by Gasteiger charge is 2.13. The van der Waals surface area contributed by atoms with Crippen LogP contribution in [-0.2, 0) is 19.7 Å². The molecule has 32 heavy (non-hydrogen) atoms. The van der Waals surface area contributed by atoms with E-state index in [1.54, 1.807) is 24.5 Å². The van der Waals surface area contributed by atoms with E-state index in [4.69, 9.17) is 4.74 Å². The molecule has 166 valence electrons. The summed E-state index contributed by atoms with van der Waals surface area (Å²) in [5, 5.41) is 3.00. The summed E-state index contributed by atoms with van der Waals surface area (Å²) in [5.74, 6) is 0.549. The van der Waals surface area contributed by atoms with Crippen molar-refractivity contribution in [2.24, 2.45) is 0 Å². The molecule has 0 unspecified atom stereocenters. The van der Waals surface area contributed by atoms with Crippen LogP contribution >= 0.6 is 0 Å². The Kier molecular flexibility index (Phi) is 7.48. The Labute approximate surface area is 189 Å². The Hall–Kier alpha value is -3.22. The molecule has 1 aliphatic rings. The van der Waals surface area contributed by atoms with Gasteiger partial charge in [-0.2, -0.15) is 0 Å². The molecule has 6 nitrogen and oxygen atoms in total. The zero-order valence-corrected chi connectivity index (χ0v) is 18.5. The molecule has 0 radical (unpaired) electrons. The second kappa shape index (κ2) is 10.9. The van der Waals surface area contributed by atoms with Crippen molar-refractivity contribution in [3.63, 3.8) is 0 Å². The molecule has 1 aromatic heterocycles. The van der Waals surface area contributed by atoms with Gasteiger partial charge in [-0.25, -0.2) is 0 Å². The molecule has 2 aromatic carbocycles. The van der Waals surface area contributed by atoms with E-state index in [0.717, 1.165) is 43.9 Å². The van der Waals surface area contributed by atoms with Crippen molar-refractivity contribution in [3.05, 3.63) is 95.3 Å². The zero-order valence-electron chi connectivity index (χ0n) is 18.5. The lowest BCUT2D eigenvalue weighted by atomic mass is 10.1. The molecule has 0 saturated carbocycles. The van der Waals surface area contributed by atoms with Gasteiger partial charge in [0.05, 0.1) is 0 Å². The average molecular weight is 431 g/mol. The monoisotopic (exact) mass is 430 g/mol. The molecule has 0 aliphatic carbocycles. The molecule has 2 heterocycles. The number of carbonyl (C=O) groups is 1. The number of nitrogens with one attached hydrogen (secondary N) is 1. The first-order valence-corrected chi connectivity index (χ1v) is 11.0. The van der Waals surface area contributed by atoms with Crippen LogP contribution in [-0.4, -0.2) is 53.9 Å². The fourth-order valence-corrected chi connectivity index (χ4v) is 3.69. The Morgan fingerprint density at radius 1 is 0.969 bits per heavy atom. The topological polar surface area (TPSA) is 57.7 Å². The highest BCUT2D eigenvalue weighted by Crippen LogP contribution is 2.16. The van der Waals surface area contributed by atoms with Gasteiger partial charge in [-0.3, -0.25) is 14.7 Å². The molecule has 1 N–H and O–H groups in total. The number of aromatic nitrogens is 1. The van der Waals surface area contributed by atoms with Crippen LogP contribution in [0.5, 0.6) is 5.75 Å². The minimum atomic E-state index is -0.113. The van der Waals surface area contributed by atoms with E-state index in [1.807, 2.05) is 24.3 Å². The number of pyridine rings is 1. The molecule has 3 aromatic rings. The molecule has 0 spiro atoms. The second-order valence-electron chi connectivity index (χ2n) is 8.26. The van der Waals surface area contributed by atoms with Gasteiger partial charge in [-0.05, 0) is 42.4 Å². The zero-order chi connectivity index (χ0) is 22.2. The van der Waals surface area contributed by atoms with E-state index in [9.17, 15) is 4.79 Å². The van der Waals surface area contributed by atoms with E-state index in [1.165, 1.54) is 5.56 Å². The number of hydrogen-bond donors (Lipinski definition) is 1. The van der Waals surface area contributed by atoms with Crippen LogP contribution in [0.25, 0.3) is 0 Å². The Morgan fingerprint density at radius 3 is 2.50 bits per heavy atom. The molecular weight excluding hydrogens is 400 g/mol. The van der Waals surface area contributed by atoms with Gasteiger partial charge in [0, 0.05) is 62.8 Å². The number of ether oxygens (including phenoxy) is 1. The minimum Gasteiger partial charge on any atom is -0.489 e. The maximum absolute atomic E-state index is 12.6. The number of nitrogens with zero attached hydrogens (tertiary/aromatic N) is 3. The van der Waals surface area contributed by atoms with E-state index >= 15 is 0 Å². The Balaban J connectivity index is 1.26. The standard InChI is InChI=1S/C26H30N4O2/c1-29-12-14-30(15-13-29)19-22-9-7-21(8-10-22)18-28-26(31)24-5-2-6-25(16-24)32-20-23-4-3-11-27-17-23/h2-11,16-17H,12-15,18-20H2,1H3,(H,28,31). The Morgan fingerprint density at radius 2 is 1.75 bits per heavy atom. The van der Waals surface area contributed by atoms with E-state index in [-0.39, 0.29) is 5.91 Å². The number of piperazine rings is 1. The molecule has 0 bridgehead atoms. The summed E-state index contributed by atoms with van der Waals surface area (Å²) in [6.07, 6.45) is 3.50. The first-order chi connectivity index (χ1) is 15.7. The van der Waals surface area contributed by atoms with E-state index in [2.05, 4.69) is 51.4 Å². The lowest BCUT2D eigenvalue weighted by Gasteiger charge is -2.32. The predicted molar refractivity (Wildman–Crippen MR) is 125 cm³/mol. The highest BCUT2D eigenvalue weighted by atomic mass is 16.5. The van der Waals surface area contributed by atoms with Crippen LogP contribution in [0.3, 0.4) is 0 Å². The van der Waals surface area contributed by atoms with Gasteiger partial charge in [0.25, 0.3) is 5.91 Å². The third-order valence-corrected chi connectivity index (χ3v) is 5.70. The molecule has 1 amide bonds. The molecule has 1 fully saturated rings. The van der Waals surface area contributed by atoms with Gasteiger partial charge in [-0.1, -0.05) is 36.4 Å². The van der Waals surface area contributed by atoms with Crippen molar-refractivity contribution in [2.75, 3.05) is 33.2 Å². The van der Waals surface area contributed by atoms with E-state index < -0.39 is 0 Å². The highest BCUT2D eigenvalue weighted by molar-refractivity contribution is 5.94. The first-order valence-electron chi connectivity index (χ1n) is 11.0. The van der Waals surface area contributed by atoms with Gasteiger partial charge >= 0.3 is 0 Å². The summed E-state index contributed by atoms with van der Waals surface area (Å²) in [6.45, 7) is 6.36. The van der Waals surface area contributed by atoms with Crippen LogP contribution < -0.4 is 10.1 Å². The van der Waals surface area contributed by atoms with Gasteiger partial charge in [0.1, 0.15) is 12.4 Å². The molecule has 4 rings (SSSR count). The van der Waals surface area contributed by atoms with Crippen LogP contribution in [0.2, 0.25) is 0 Å². The summed E-state index contributed by atoms with van der Waals surface area (Å²) < 4.78 is 5.80. The Bertz CT molecular complexity index is 1000. The maximum Gasteiger partial charge on any atom is 0.251 e. The van der Waals surface area contributed by atoms with Crippen LogP contribution in [0.4, 0.5) is 0 Å². The first kappa shape index (κ1) is 22.0. The number of carbonyl (C=O) groups excluding carboxylic acids is 1.